The molecule has 0 amide bonds. The zero-order valence-electron chi connectivity index (χ0n) is 27.8. The predicted molar refractivity (Wildman–Crippen MR) is 201 cm³/mol. The van der Waals surface area contributed by atoms with Gasteiger partial charge in [0.05, 0.1) is 11.4 Å². The molecule has 22 heteroatoms. The van der Waals surface area contributed by atoms with E-state index in [9.17, 15) is 62.1 Å². The van der Waals surface area contributed by atoms with Crippen LogP contribution in [0.25, 0.3) is 33.7 Å². The van der Waals surface area contributed by atoms with E-state index in [1.165, 1.54) is 60.7 Å². The summed E-state index contributed by atoms with van der Waals surface area (Å²) in [6.45, 7) is 0. The van der Waals surface area contributed by atoms with Crippen LogP contribution in [-0.4, -0.2) is 62.1 Å². The molecule has 18 nitrogen and oxygen atoms in total. The normalized spacial score (nSPS) is 13.1. The van der Waals surface area contributed by atoms with Crippen molar-refractivity contribution in [2.75, 3.05) is 0 Å². The van der Waals surface area contributed by atoms with Crippen molar-refractivity contribution in [1.82, 2.24) is 0 Å². The van der Waals surface area contributed by atoms with E-state index in [0.29, 0.717) is 0 Å². The largest absolute Gasteiger partial charge is 0.505 e. The molecule has 0 spiro atoms. The smallest absolute Gasteiger partial charge is 0.295 e. The topological polar surface area (TPSA) is 307 Å². The van der Waals surface area contributed by atoms with Crippen LogP contribution >= 0.6 is 0 Å². The third-order valence-electron chi connectivity index (χ3n) is 8.01. The van der Waals surface area contributed by atoms with Gasteiger partial charge in [0.15, 0.2) is 11.5 Å². The molecule has 0 aliphatic heterocycles. The van der Waals surface area contributed by atoms with Gasteiger partial charge in [-0.25, -0.2) is 0 Å². The lowest BCUT2D eigenvalue weighted by Crippen LogP contribution is -2.01. The van der Waals surface area contributed by atoms with Crippen molar-refractivity contribution in [1.29, 1.82) is 0 Å². The Kier molecular flexibility index (Phi) is 10.3. The molecule has 6 aromatic carbocycles. The van der Waals surface area contributed by atoms with Gasteiger partial charge in [0.2, 0.25) is 0 Å². The summed E-state index contributed by atoms with van der Waals surface area (Å²) in [5.74, 6) is -1.02. The maximum atomic E-state index is 12.4. The molecule has 0 fully saturated rings. The Morgan fingerprint density at radius 3 is 1.04 bits per heavy atom. The van der Waals surface area contributed by atoms with Crippen molar-refractivity contribution in [2.45, 2.75) is 19.6 Å². The standard InChI is InChI=1S/C34H24N4O14S4/c39-33-25-7-3-1-5-23(25)31(55(47,48)49)17-27(33)37-35-21-13-11-19(29(15-21)53(41,42)43)9-10-20-12-14-22(16-30(20)54(44,45)46)36-38-28-18-32(56(50,51)52)24-6-2-4-8-26(24)34(28)40/h1-18,39-40H,(H,41,42,43)(H,44,45,46)(H,47,48,49)(H,50,51,52). The highest BCUT2D eigenvalue weighted by Crippen LogP contribution is 2.41. The molecule has 0 heterocycles. The number of rotatable bonds is 10. The molecule has 56 heavy (non-hydrogen) atoms. The summed E-state index contributed by atoms with van der Waals surface area (Å²) in [5.41, 5.74) is -1.67. The van der Waals surface area contributed by atoms with Crippen molar-refractivity contribution in [2.24, 2.45) is 20.5 Å². The zero-order valence-corrected chi connectivity index (χ0v) is 31.0. The highest BCUT2D eigenvalue weighted by atomic mass is 32.2. The maximum Gasteiger partial charge on any atom is 0.295 e. The summed E-state index contributed by atoms with van der Waals surface area (Å²) in [5, 5.41) is 36.7. The first-order chi connectivity index (χ1) is 26.1. The fourth-order valence-electron chi connectivity index (χ4n) is 5.50. The van der Waals surface area contributed by atoms with Crippen molar-refractivity contribution in [3.8, 4) is 11.5 Å². The highest BCUT2D eigenvalue weighted by molar-refractivity contribution is 7.86. The second kappa shape index (κ2) is 14.6. The van der Waals surface area contributed by atoms with Gasteiger partial charge in [0.25, 0.3) is 40.5 Å². The molecule has 6 aromatic rings. The third kappa shape index (κ3) is 8.31. The minimum Gasteiger partial charge on any atom is -0.505 e. The molecule has 6 N–H and O–H groups in total. The van der Waals surface area contributed by atoms with Crippen LogP contribution in [0.1, 0.15) is 11.1 Å². The predicted octanol–water partition coefficient (Wildman–Crippen LogP) is 7.39. The number of hydrogen-bond donors (Lipinski definition) is 6. The van der Waals surface area contributed by atoms with Crippen LogP contribution in [0.3, 0.4) is 0 Å². The molecule has 0 radical (unpaired) electrons. The minimum atomic E-state index is -5.00. The number of benzene rings is 6. The Morgan fingerprint density at radius 2 is 0.714 bits per heavy atom. The average molecular weight is 841 g/mol. The molecule has 0 atom stereocenters. The van der Waals surface area contributed by atoms with Gasteiger partial charge in [-0.05, 0) is 47.5 Å². The van der Waals surface area contributed by atoms with Crippen LogP contribution in [-0.2, 0) is 40.5 Å². The van der Waals surface area contributed by atoms with Crippen LogP contribution in [0.15, 0.2) is 137 Å². The van der Waals surface area contributed by atoms with E-state index in [4.69, 9.17) is 0 Å². The van der Waals surface area contributed by atoms with E-state index >= 15 is 0 Å². The fraction of sp³-hybridized carbons (Fsp3) is 0. The van der Waals surface area contributed by atoms with Crippen molar-refractivity contribution in [3.63, 3.8) is 0 Å². The molecule has 0 saturated carbocycles. The zero-order chi connectivity index (χ0) is 40.8. The molecular weight excluding hydrogens is 817 g/mol. The lowest BCUT2D eigenvalue weighted by molar-refractivity contribution is 0.477. The van der Waals surface area contributed by atoms with Crippen LogP contribution < -0.4 is 0 Å². The van der Waals surface area contributed by atoms with Gasteiger partial charge in [0, 0.05) is 21.5 Å². The van der Waals surface area contributed by atoms with Crippen molar-refractivity contribution in [3.05, 3.63) is 108 Å². The van der Waals surface area contributed by atoms with E-state index in [-0.39, 0.29) is 44.0 Å². The molecule has 6 rings (SSSR count). The Hall–Kier alpha value is -5.98. The van der Waals surface area contributed by atoms with Gasteiger partial charge in [-0.15, -0.1) is 10.2 Å². The Labute approximate surface area is 317 Å². The molecule has 0 aliphatic carbocycles. The number of phenolic OH excluding ortho intramolecular Hbond substituents is 2. The summed E-state index contributed by atoms with van der Waals surface area (Å²) in [6.07, 6.45) is 2.15. The number of hydrogen-bond acceptors (Lipinski definition) is 14. The van der Waals surface area contributed by atoms with Crippen LogP contribution in [0.2, 0.25) is 0 Å². The number of phenols is 2. The first-order valence-electron chi connectivity index (χ1n) is 15.3. The Balaban J connectivity index is 1.35. The number of aromatic hydroxyl groups is 2. The lowest BCUT2D eigenvalue weighted by atomic mass is 10.1. The lowest BCUT2D eigenvalue weighted by Gasteiger charge is -2.09. The number of fused-ring (bicyclic) bond motifs is 2. The molecular formula is C34H24N4O14S4. The molecule has 0 bridgehead atoms. The van der Waals surface area contributed by atoms with Crippen molar-refractivity contribution < 1.29 is 62.1 Å². The summed E-state index contributed by atoms with van der Waals surface area (Å²) in [4.78, 5) is -2.66. The summed E-state index contributed by atoms with van der Waals surface area (Å²) < 4.78 is 137. The third-order valence-corrected chi connectivity index (χ3v) is 11.6. The van der Waals surface area contributed by atoms with Crippen LogP contribution in [0, 0.1) is 0 Å². The van der Waals surface area contributed by atoms with Gasteiger partial charge in [-0.3, -0.25) is 18.2 Å². The van der Waals surface area contributed by atoms with Crippen molar-refractivity contribution >= 4 is 96.9 Å². The monoisotopic (exact) mass is 840 g/mol. The van der Waals surface area contributed by atoms with E-state index in [1.54, 1.807) is 0 Å². The van der Waals surface area contributed by atoms with Gasteiger partial charge in [0.1, 0.15) is 31.0 Å². The van der Waals surface area contributed by atoms with E-state index in [0.717, 1.165) is 48.6 Å². The van der Waals surface area contributed by atoms with E-state index < -0.39 is 82.9 Å². The average Bonchev–Trinajstić information content (AvgIpc) is 3.12. The first-order valence-corrected chi connectivity index (χ1v) is 21.1. The van der Waals surface area contributed by atoms with Crippen LogP contribution in [0.5, 0.6) is 11.5 Å². The SMILES string of the molecule is O=S(=O)(O)c1cc(N=Nc2cc(S(=O)(=O)O)c3ccccc3c2O)ccc1C=Cc1ccc(N=Nc2cc(S(=O)(=O)O)c3ccccc3c2O)cc1S(=O)(=O)O. The van der Waals surface area contributed by atoms with Crippen LogP contribution in [0.4, 0.5) is 22.7 Å². The molecule has 0 aliphatic rings. The maximum absolute atomic E-state index is 12.4. The summed E-state index contributed by atoms with van der Waals surface area (Å²) in [7, 11) is -19.6. The second-order valence-corrected chi connectivity index (χ2v) is 17.2. The summed E-state index contributed by atoms with van der Waals surface area (Å²) in [6, 6.07) is 19.5. The first kappa shape index (κ1) is 39.7. The molecule has 0 unspecified atom stereocenters. The Morgan fingerprint density at radius 1 is 0.393 bits per heavy atom. The minimum absolute atomic E-state index is 0.00870. The quantitative estimate of drug-likeness (QED) is 0.0445. The molecule has 0 saturated heterocycles. The van der Waals surface area contributed by atoms with Gasteiger partial charge >= 0.3 is 0 Å². The van der Waals surface area contributed by atoms with Gasteiger partial charge in [-0.1, -0.05) is 72.8 Å². The van der Waals surface area contributed by atoms with Gasteiger partial charge < -0.3 is 10.2 Å². The molecule has 0 aromatic heterocycles. The molecule has 288 valence electrons. The Bertz CT molecular complexity index is 2950. The highest BCUT2D eigenvalue weighted by Gasteiger charge is 2.22. The van der Waals surface area contributed by atoms with E-state index in [1.807, 2.05) is 0 Å². The van der Waals surface area contributed by atoms with Gasteiger partial charge in [-0.2, -0.15) is 43.9 Å². The fourth-order valence-corrected chi connectivity index (χ4v) is 8.34. The second-order valence-electron chi connectivity index (χ2n) is 11.7. The summed E-state index contributed by atoms with van der Waals surface area (Å²) >= 11 is 0. The number of nitrogens with zero attached hydrogens (tertiary/aromatic N) is 4. The van der Waals surface area contributed by atoms with E-state index in [2.05, 4.69) is 20.5 Å². The number of azo groups is 2.